The number of benzene rings is 2. The Labute approximate surface area is 151 Å². The van der Waals surface area contributed by atoms with Crippen LogP contribution in [0.4, 0.5) is 5.69 Å². The third-order valence-electron chi connectivity index (χ3n) is 5.06. The maximum Gasteiger partial charge on any atom is 0.244 e. The average Bonchev–Trinajstić information content (AvgIpc) is 2.59. The van der Waals surface area contributed by atoms with Crippen LogP contribution in [0.25, 0.3) is 0 Å². The average molecular weight is 336 g/mol. The molecule has 0 N–H and O–H groups in total. The first-order valence-electron chi connectivity index (χ1n) is 9.06. The summed E-state index contributed by atoms with van der Waals surface area (Å²) in [7, 11) is 0. The van der Waals surface area contributed by atoms with E-state index in [1.807, 2.05) is 17.9 Å². The zero-order chi connectivity index (χ0) is 18.0. The molecular formula is C22H28N2O. The standard InChI is InChI=1S/C22H28N2O/c1-17-21(25)24(20-12-10-19(11-13-20)22(2,3)4)15-14-23(17)16-18-8-6-5-7-9-18/h5-13,17H,14-16H2,1-4H3. The smallest absolute Gasteiger partial charge is 0.244 e. The molecule has 1 heterocycles. The van der Waals surface area contributed by atoms with Gasteiger partial charge in [-0.1, -0.05) is 63.2 Å². The van der Waals surface area contributed by atoms with Crippen molar-refractivity contribution in [3.8, 4) is 0 Å². The lowest BCUT2D eigenvalue weighted by Crippen LogP contribution is -2.55. The van der Waals surface area contributed by atoms with E-state index in [2.05, 4.69) is 74.2 Å². The Hall–Kier alpha value is -2.13. The Balaban J connectivity index is 1.71. The summed E-state index contributed by atoms with van der Waals surface area (Å²) < 4.78 is 0. The highest BCUT2D eigenvalue weighted by Crippen LogP contribution is 2.27. The van der Waals surface area contributed by atoms with Crippen LogP contribution in [0.1, 0.15) is 38.8 Å². The maximum absolute atomic E-state index is 12.9. The molecule has 1 atom stereocenters. The van der Waals surface area contributed by atoms with E-state index in [0.29, 0.717) is 0 Å². The minimum atomic E-state index is -0.101. The van der Waals surface area contributed by atoms with Gasteiger partial charge in [0.05, 0.1) is 6.04 Å². The van der Waals surface area contributed by atoms with Gasteiger partial charge in [-0.15, -0.1) is 0 Å². The largest absolute Gasteiger partial charge is 0.310 e. The molecule has 0 radical (unpaired) electrons. The number of rotatable bonds is 3. The third-order valence-corrected chi connectivity index (χ3v) is 5.06. The van der Waals surface area contributed by atoms with Crippen LogP contribution >= 0.6 is 0 Å². The highest BCUT2D eigenvalue weighted by atomic mass is 16.2. The van der Waals surface area contributed by atoms with Crippen molar-refractivity contribution in [1.82, 2.24) is 4.90 Å². The number of nitrogens with zero attached hydrogens (tertiary/aromatic N) is 2. The van der Waals surface area contributed by atoms with E-state index in [1.54, 1.807) is 0 Å². The number of hydrogen-bond donors (Lipinski definition) is 0. The molecule has 1 unspecified atom stereocenters. The van der Waals surface area contributed by atoms with Crippen molar-refractivity contribution in [2.75, 3.05) is 18.0 Å². The number of carbonyl (C=O) groups excluding carboxylic acids is 1. The van der Waals surface area contributed by atoms with Gasteiger partial charge in [0.15, 0.2) is 0 Å². The van der Waals surface area contributed by atoms with Crippen molar-refractivity contribution in [3.63, 3.8) is 0 Å². The molecule has 2 aromatic carbocycles. The van der Waals surface area contributed by atoms with Gasteiger partial charge in [0.25, 0.3) is 0 Å². The molecule has 1 amide bonds. The lowest BCUT2D eigenvalue weighted by Gasteiger charge is -2.39. The molecule has 0 bridgehead atoms. The normalized spacial score (nSPS) is 19.3. The van der Waals surface area contributed by atoms with Crippen LogP contribution in [0.15, 0.2) is 54.6 Å². The molecule has 0 saturated carbocycles. The monoisotopic (exact) mass is 336 g/mol. The van der Waals surface area contributed by atoms with E-state index in [0.717, 1.165) is 25.3 Å². The van der Waals surface area contributed by atoms with Crippen molar-refractivity contribution in [3.05, 3.63) is 65.7 Å². The number of hydrogen-bond acceptors (Lipinski definition) is 2. The Morgan fingerprint density at radius 3 is 2.20 bits per heavy atom. The minimum absolute atomic E-state index is 0.101. The Bertz CT molecular complexity index is 716. The summed E-state index contributed by atoms with van der Waals surface area (Å²) in [5.41, 5.74) is 3.68. The summed E-state index contributed by atoms with van der Waals surface area (Å²) in [6, 6.07) is 18.7. The first kappa shape index (κ1) is 17.7. The fourth-order valence-electron chi connectivity index (χ4n) is 3.35. The van der Waals surface area contributed by atoms with Gasteiger partial charge in [0, 0.05) is 25.3 Å². The molecule has 1 fully saturated rings. The summed E-state index contributed by atoms with van der Waals surface area (Å²) in [5.74, 6) is 0.186. The quantitative estimate of drug-likeness (QED) is 0.838. The second-order valence-corrected chi connectivity index (χ2v) is 7.92. The highest BCUT2D eigenvalue weighted by molar-refractivity contribution is 5.97. The van der Waals surface area contributed by atoms with E-state index >= 15 is 0 Å². The van der Waals surface area contributed by atoms with Crippen LogP contribution in [-0.4, -0.2) is 29.9 Å². The summed E-state index contributed by atoms with van der Waals surface area (Å²) in [6.07, 6.45) is 0. The minimum Gasteiger partial charge on any atom is -0.310 e. The Morgan fingerprint density at radius 2 is 1.60 bits per heavy atom. The van der Waals surface area contributed by atoms with Gasteiger partial charge in [0.1, 0.15) is 0 Å². The summed E-state index contributed by atoms with van der Waals surface area (Å²) in [6.45, 7) is 11.1. The van der Waals surface area contributed by atoms with Crippen LogP contribution in [0.2, 0.25) is 0 Å². The third kappa shape index (κ3) is 3.93. The SMILES string of the molecule is CC1C(=O)N(c2ccc(C(C)(C)C)cc2)CCN1Cc1ccccc1. The predicted octanol–water partition coefficient (Wildman–Crippen LogP) is 4.22. The van der Waals surface area contributed by atoms with E-state index < -0.39 is 0 Å². The van der Waals surface area contributed by atoms with E-state index in [-0.39, 0.29) is 17.4 Å². The molecule has 2 aromatic rings. The molecule has 1 aliphatic heterocycles. The molecule has 1 aliphatic rings. The van der Waals surface area contributed by atoms with Crippen molar-refractivity contribution < 1.29 is 4.79 Å². The van der Waals surface area contributed by atoms with Gasteiger partial charge in [0.2, 0.25) is 5.91 Å². The van der Waals surface area contributed by atoms with Gasteiger partial charge in [-0.2, -0.15) is 0 Å². The first-order chi connectivity index (χ1) is 11.9. The van der Waals surface area contributed by atoms with Crippen LogP contribution in [0, 0.1) is 0 Å². The molecule has 0 aromatic heterocycles. The fraction of sp³-hybridized carbons (Fsp3) is 0.409. The number of anilines is 1. The lowest BCUT2D eigenvalue weighted by atomic mass is 9.87. The lowest BCUT2D eigenvalue weighted by molar-refractivity contribution is -0.125. The van der Waals surface area contributed by atoms with Gasteiger partial charge >= 0.3 is 0 Å². The van der Waals surface area contributed by atoms with E-state index in [9.17, 15) is 4.79 Å². The van der Waals surface area contributed by atoms with Crippen molar-refractivity contribution in [2.45, 2.75) is 45.7 Å². The Morgan fingerprint density at radius 1 is 0.960 bits per heavy atom. The van der Waals surface area contributed by atoms with Gasteiger partial charge in [-0.05, 0) is 35.6 Å². The molecule has 3 heteroatoms. The molecule has 0 spiro atoms. The zero-order valence-corrected chi connectivity index (χ0v) is 15.7. The highest BCUT2D eigenvalue weighted by Gasteiger charge is 2.32. The van der Waals surface area contributed by atoms with Gasteiger partial charge in [-0.25, -0.2) is 0 Å². The Kier molecular flexibility index (Phi) is 4.96. The van der Waals surface area contributed by atoms with Crippen molar-refractivity contribution in [1.29, 1.82) is 0 Å². The molecule has 0 aliphatic carbocycles. The summed E-state index contributed by atoms with van der Waals surface area (Å²) >= 11 is 0. The number of piperazine rings is 1. The second kappa shape index (κ2) is 7.01. The van der Waals surface area contributed by atoms with Crippen molar-refractivity contribution >= 4 is 11.6 Å². The van der Waals surface area contributed by atoms with E-state index in [4.69, 9.17) is 0 Å². The van der Waals surface area contributed by atoms with Crippen LogP contribution < -0.4 is 4.90 Å². The van der Waals surface area contributed by atoms with Crippen molar-refractivity contribution in [2.24, 2.45) is 0 Å². The molecule has 3 rings (SSSR count). The predicted molar refractivity (Wildman–Crippen MR) is 104 cm³/mol. The molecule has 1 saturated heterocycles. The molecule has 3 nitrogen and oxygen atoms in total. The molecule has 25 heavy (non-hydrogen) atoms. The van der Waals surface area contributed by atoms with Crippen LogP contribution in [0.5, 0.6) is 0 Å². The summed E-state index contributed by atoms with van der Waals surface area (Å²) in [5, 5.41) is 0. The topological polar surface area (TPSA) is 23.6 Å². The van der Waals surface area contributed by atoms with E-state index in [1.165, 1.54) is 11.1 Å². The maximum atomic E-state index is 12.9. The van der Waals surface area contributed by atoms with Gasteiger partial charge < -0.3 is 4.90 Å². The number of amides is 1. The summed E-state index contributed by atoms with van der Waals surface area (Å²) in [4.78, 5) is 17.1. The van der Waals surface area contributed by atoms with Gasteiger partial charge in [-0.3, -0.25) is 9.69 Å². The number of carbonyl (C=O) groups is 1. The fourth-order valence-corrected chi connectivity index (χ4v) is 3.35. The van der Waals surface area contributed by atoms with Crippen LogP contribution in [-0.2, 0) is 16.8 Å². The molecular weight excluding hydrogens is 308 g/mol. The first-order valence-corrected chi connectivity index (χ1v) is 9.06. The zero-order valence-electron chi connectivity index (χ0n) is 15.7. The molecule has 132 valence electrons. The second-order valence-electron chi connectivity index (χ2n) is 7.92. The van der Waals surface area contributed by atoms with Crippen LogP contribution in [0.3, 0.4) is 0 Å².